The Morgan fingerprint density at radius 3 is 2.57 bits per heavy atom. The lowest BCUT2D eigenvalue weighted by Gasteiger charge is -2.32. The molecule has 0 saturated carbocycles. The van der Waals surface area contributed by atoms with E-state index in [1.165, 1.54) is 34.1 Å². The molecule has 3 rings (SSSR count). The summed E-state index contributed by atoms with van der Waals surface area (Å²) in [5.41, 5.74) is 2.93. The van der Waals surface area contributed by atoms with Crippen LogP contribution < -0.4 is 0 Å². The van der Waals surface area contributed by atoms with Crippen molar-refractivity contribution in [1.29, 1.82) is 0 Å². The van der Waals surface area contributed by atoms with Gasteiger partial charge in [-0.2, -0.15) is 4.31 Å². The van der Waals surface area contributed by atoms with Gasteiger partial charge >= 0.3 is 0 Å². The van der Waals surface area contributed by atoms with Gasteiger partial charge in [0, 0.05) is 13.1 Å². The first kappa shape index (κ1) is 16.1. The number of rotatable bonds is 4. The van der Waals surface area contributed by atoms with Gasteiger partial charge in [0.15, 0.2) is 0 Å². The van der Waals surface area contributed by atoms with Gasteiger partial charge in [0.1, 0.15) is 5.82 Å². The Kier molecular flexibility index (Phi) is 4.50. The fraction of sp³-hybridized carbons (Fsp3) is 0.333. The summed E-state index contributed by atoms with van der Waals surface area (Å²) < 4.78 is 39.9. The van der Waals surface area contributed by atoms with Gasteiger partial charge < -0.3 is 0 Å². The van der Waals surface area contributed by atoms with Gasteiger partial charge in [-0.1, -0.05) is 36.4 Å². The molecule has 5 heteroatoms. The number of nitrogens with zero attached hydrogens (tertiary/aromatic N) is 1. The van der Waals surface area contributed by atoms with E-state index < -0.39 is 10.0 Å². The standard InChI is InChI=1S/C18H20FNO2S/c1-20(18-8-4-6-15-5-2-3-7-17(15)18)23(21,22)13-14-9-11-16(19)12-10-14/h2-3,5,7,9-12,18H,4,6,8,13H2,1H3. The molecule has 0 aliphatic heterocycles. The van der Waals surface area contributed by atoms with E-state index in [4.69, 9.17) is 0 Å². The SMILES string of the molecule is CN(C1CCCc2ccccc21)S(=O)(=O)Cc1ccc(F)cc1. The molecule has 1 aliphatic carbocycles. The summed E-state index contributed by atoms with van der Waals surface area (Å²) in [6.45, 7) is 0. The zero-order valence-electron chi connectivity index (χ0n) is 13.1. The molecule has 0 heterocycles. The molecule has 0 aromatic heterocycles. The van der Waals surface area contributed by atoms with Gasteiger partial charge in [-0.3, -0.25) is 0 Å². The minimum absolute atomic E-state index is 0.109. The third kappa shape index (κ3) is 3.46. The molecule has 0 amide bonds. The zero-order chi connectivity index (χ0) is 16.4. The first-order chi connectivity index (χ1) is 11.0. The average molecular weight is 333 g/mol. The molecule has 0 radical (unpaired) electrons. The Labute approximate surface area is 136 Å². The Morgan fingerprint density at radius 1 is 1.13 bits per heavy atom. The van der Waals surface area contributed by atoms with Crippen LogP contribution in [0, 0.1) is 5.82 Å². The topological polar surface area (TPSA) is 37.4 Å². The second kappa shape index (κ2) is 6.42. The van der Waals surface area contributed by atoms with E-state index in [0.29, 0.717) is 5.56 Å². The first-order valence-corrected chi connectivity index (χ1v) is 9.36. The summed E-state index contributed by atoms with van der Waals surface area (Å²) in [5.74, 6) is -0.469. The quantitative estimate of drug-likeness (QED) is 0.856. The van der Waals surface area contributed by atoms with Crippen molar-refractivity contribution < 1.29 is 12.8 Å². The van der Waals surface area contributed by atoms with E-state index in [1.54, 1.807) is 7.05 Å². The number of halogens is 1. The zero-order valence-corrected chi connectivity index (χ0v) is 13.9. The molecular formula is C18H20FNO2S. The fourth-order valence-corrected chi connectivity index (χ4v) is 4.62. The normalized spacial score (nSPS) is 18.0. The second-order valence-corrected chi connectivity index (χ2v) is 8.03. The van der Waals surface area contributed by atoms with Crippen molar-refractivity contribution in [3.05, 3.63) is 71.0 Å². The van der Waals surface area contributed by atoms with E-state index in [2.05, 4.69) is 6.07 Å². The van der Waals surface area contributed by atoms with Crippen molar-refractivity contribution in [2.45, 2.75) is 31.1 Å². The number of fused-ring (bicyclic) bond motifs is 1. The number of sulfonamides is 1. The molecule has 122 valence electrons. The third-order valence-electron chi connectivity index (χ3n) is 4.48. The molecule has 2 aromatic carbocycles. The van der Waals surface area contributed by atoms with Crippen molar-refractivity contribution in [3.8, 4) is 0 Å². The van der Waals surface area contributed by atoms with Gasteiger partial charge in [-0.25, -0.2) is 12.8 Å². The van der Waals surface area contributed by atoms with E-state index in [9.17, 15) is 12.8 Å². The highest BCUT2D eigenvalue weighted by Crippen LogP contribution is 2.35. The molecule has 0 fully saturated rings. The molecule has 1 aliphatic rings. The van der Waals surface area contributed by atoms with E-state index in [0.717, 1.165) is 24.8 Å². The Bertz CT molecular complexity index is 787. The van der Waals surface area contributed by atoms with Crippen LogP contribution in [0.2, 0.25) is 0 Å². The molecule has 0 bridgehead atoms. The monoisotopic (exact) mass is 333 g/mol. The van der Waals surface area contributed by atoms with Crippen molar-refractivity contribution in [1.82, 2.24) is 4.31 Å². The van der Waals surface area contributed by atoms with Gasteiger partial charge in [0.25, 0.3) is 0 Å². The maximum Gasteiger partial charge on any atom is 0.218 e. The highest BCUT2D eigenvalue weighted by molar-refractivity contribution is 7.88. The largest absolute Gasteiger partial charge is 0.218 e. The van der Waals surface area contributed by atoms with Crippen LogP contribution in [0.4, 0.5) is 4.39 Å². The Morgan fingerprint density at radius 2 is 1.83 bits per heavy atom. The summed E-state index contributed by atoms with van der Waals surface area (Å²) in [5, 5.41) is 0. The van der Waals surface area contributed by atoms with Crippen molar-refractivity contribution in [2.75, 3.05) is 7.05 Å². The molecule has 3 nitrogen and oxygen atoms in total. The lowest BCUT2D eigenvalue weighted by molar-refractivity contribution is 0.337. The summed E-state index contributed by atoms with van der Waals surface area (Å²) in [6, 6.07) is 13.6. The van der Waals surface area contributed by atoms with Crippen molar-refractivity contribution in [2.24, 2.45) is 0 Å². The smallest absolute Gasteiger partial charge is 0.212 e. The van der Waals surface area contributed by atoms with Crippen molar-refractivity contribution in [3.63, 3.8) is 0 Å². The minimum Gasteiger partial charge on any atom is -0.212 e. The van der Waals surface area contributed by atoms with E-state index in [-0.39, 0.29) is 17.6 Å². The number of aryl methyl sites for hydroxylation is 1. The highest BCUT2D eigenvalue weighted by Gasteiger charge is 2.30. The van der Waals surface area contributed by atoms with E-state index >= 15 is 0 Å². The Balaban J connectivity index is 1.84. The maximum absolute atomic E-state index is 13.0. The molecule has 23 heavy (non-hydrogen) atoms. The lowest BCUT2D eigenvalue weighted by atomic mass is 9.88. The molecule has 0 spiro atoms. The molecule has 1 atom stereocenters. The van der Waals surface area contributed by atoms with Crippen LogP contribution in [0.3, 0.4) is 0 Å². The van der Waals surface area contributed by atoms with Gasteiger partial charge in [0.2, 0.25) is 10.0 Å². The van der Waals surface area contributed by atoms with Crippen LogP contribution in [0.15, 0.2) is 48.5 Å². The summed E-state index contributed by atoms with van der Waals surface area (Å²) in [4.78, 5) is 0. The number of benzene rings is 2. The average Bonchev–Trinajstić information content (AvgIpc) is 2.55. The van der Waals surface area contributed by atoms with Crippen LogP contribution in [0.25, 0.3) is 0 Å². The molecule has 2 aromatic rings. The second-order valence-electron chi connectivity index (χ2n) is 6.01. The van der Waals surface area contributed by atoms with Gasteiger partial charge in [-0.15, -0.1) is 0 Å². The van der Waals surface area contributed by atoms with Crippen LogP contribution in [-0.2, 0) is 22.2 Å². The Hall–Kier alpha value is -1.72. The van der Waals surface area contributed by atoms with Gasteiger partial charge in [0.05, 0.1) is 5.75 Å². The van der Waals surface area contributed by atoms with Gasteiger partial charge in [-0.05, 0) is 48.1 Å². The minimum atomic E-state index is -3.46. The van der Waals surface area contributed by atoms with Crippen LogP contribution in [-0.4, -0.2) is 19.8 Å². The molecule has 0 saturated heterocycles. The fourth-order valence-electron chi connectivity index (χ4n) is 3.19. The number of hydrogen-bond donors (Lipinski definition) is 0. The first-order valence-electron chi connectivity index (χ1n) is 7.75. The lowest BCUT2D eigenvalue weighted by Crippen LogP contribution is -2.34. The van der Waals surface area contributed by atoms with Crippen LogP contribution in [0.5, 0.6) is 0 Å². The van der Waals surface area contributed by atoms with E-state index in [1.807, 2.05) is 18.2 Å². The molecule has 1 unspecified atom stereocenters. The maximum atomic E-state index is 13.0. The van der Waals surface area contributed by atoms with Crippen LogP contribution in [0.1, 0.15) is 35.6 Å². The predicted octanol–water partition coefficient (Wildman–Crippen LogP) is 3.66. The predicted molar refractivity (Wildman–Crippen MR) is 88.9 cm³/mol. The summed E-state index contributed by atoms with van der Waals surface area (Å²) >= 11 is 0. The number of hydrogen-bond acceptors (Lipinski definition) is 2. The molecule has 0 N–H and O–H groups in total. The third-order valence-corrected chi connectivity index (χ3v) is 6.31. The van der Waals surface area contributed by atoms with Crippen LogP contribution >= 0.6 is 0 Å². The summed E-state index contributed by atoms with van der Waals surface area (Å²) in [6.07, 6.45) is 2.81. The van der Waals surface area contributed by atoms with Crippen molar-refractivity contribution >= 4 is 10.0 Å². The highest BCUT2D eigenvalue weighted by atomic mass is 32.2. The summed E-state index contributed by atoms with van der Waals surface area (Å²) in [7, 11) is -1.81. The molecular weight excluding hydrogens is 313 g/mol.